The number of aromatic nitrogens is 5. The minimum absolute atomic E-state index is 0.263. The lowest BCUT2D eigenvalue weighted by molar-refractivity contribution is -0.000497. The lowest BCUT2D eigenvalue weighted by Crippen LogP contribution is -2.60. The van der Waals surface area contributed by atoms with Gasteiger partial charge >= 0.3 is 0 Å². The number of anilines is 1. The second kappa shape index (κ2) is 4.66. The average Bonchev–Trinajstić information content (AvgIpc) is 2.91. The summed E-state index contributed by atoms with van der Waals surface area (Å²) in [6, 6.07) is 2.02. The van der Waals surface area contributed by atoms with Gasteiger partial charge in [0.25, 0.3) is 0 Å². The highest BCUT2D eigenvalue weighted by Crippen LogP contribution is 2.34. The molecule has 9 heteroatoms. The highest BCUT2D eigenvalue weighted by atomic mass is 19.2. The number of β-amino-alcohol motifs (C(OH)–C–C–N with tert-alkyl or cyclic N) is 1. The third-order valence-electron chi connectivity index (χ3n) is 3.99. The molecule has 0 aliphatic carbocycles. The van der Waals surface area contributed by atoms with Crippen LogP contribution in [-0.4, -0.2) is 43.2 Å². The van der Waals surface area contributed by atoms with Crippen molar-refractivity contribution in [1.29, 1.82) is 0 Å². The number of halogens is 2. The van der Waals surface area contributed by atoms with Gasteiger partial charge in [-0.15, -0.1) is 5.10 Å². The molecule has 1 aromatic carbocycles. The average molecular weight is 318 g/mol. The van der Waals surface area contributed by atoms with Crippen molar-refractivity contribution in [3.63, 3.8) is 0 Å². The second-order valence-electron chi connectivity index (χ2n) is 5.61. The smallest absolute Gasteiger partial charge is 0.161 e. The Hall–Kier alpha value is -2.68. The van der Waals surface area contributed by atoms with Gasteiger partial charge in [0, 0.05) is 19.2 Å². The van der Waals surface area contributed by atoms with E-state index in [1.54, 1.807) is 11.9 Å². The van der Waals surface area contributed by atoms with Gasteiger partial charge in [0.2, 0.25) is 0 Å². The monoisotopic (exact) mass is 318 g/mol. The van der Waals surface area contributed by atoms with Crippen LogP contribution >= 0.6 is 0 Å². The van der Waals surface area contributed by atoms with Crippen molar-refractivity contribution >= 4 is 16.9 Å². The molecule has 4 rings (SSSR count). The molecule has 0 bridgehead atoms. The van der Waals surface area contributed by atoms with Gasteiger partial charge in [-0.05, 0) is 0 Å². The maximum atomic E-state index is 13.3. The zero-order valence-electron chi connectivity index (χ0n) is 12.1. The molecule has 1 fully saturated rings. The highest BCUT2D eigenvalue weighted by molar-refractivity contribution is 5.76. The van der Waals surface area contributed by atoms with E-state index in [-0.39, 0.29) is 24.1 Å². The lowest BCUT2D eigenvalue weighted by Gasteiger charge is -2.46. The van der Waals surface area contributed by atoms with Crippen LogP contribution in [0.25, 0.3) is 11.0 Å². The summed E-state index contributed by atoms with van der Waals surface area (Å²) in [5, 5.41) is 18.1. The standard InChI is InChI=1S/C14H12F2N6O/c1-21-12(4-18-20-21)14(23)6-22(7-14)13-5-17-10-2-8(15)9(16)3-11(10)19-13/h2-5,23H,6-7H2,1H3. The molecule has 0 amide bonds. The Morgan fingerprint density at radius 3 is 2.48 bits per heavy atom. The molecule has 118 valence electrons. The van der Waals surface area contributed by atoms with E-state index in [2.05, 4.69) is 20.3 Å². The Labute approximate surface area is 129 Å². The second-order valence-corrected chi connectivity index (χ2v) is 5.61. The zero-order valence-corrected chi connectivity index (χ0v) is 12.1. The molecule has 0 saturated carbocycles. The lowest BCUT2D eigenvalue weighted by atomic mass is 9.91. The fraction of sp³-hybridized carbons (Fsp3) is 0.286. The summed E-state index contributed by atoms with van der Waals surface area (Å²) in [4.78, 5) is 10.2. The summed E-state index contributed by atoms with van der Waals surface area (Å²) in [6.45, 7) is 0.580. The molecule has 7 nitrogen and oxygen atoms in total. The summed E-state index contributed by atoms with van der Waals surface area (Å²) < 4.78 is 28.0. The van der Waals surface area contributed by atoms with Crippen molar-refractivity contribution in [2.24, 2.45) is 7.05 Å². The number of benzene rings is 1. The quantitative estimate of drug-likeness (QED) is 0.751. The van der Waals surface area contributed by atoms with E-state index in [1.807, 2.05) is 0 Å². The van der Waals surface area contributed by atoms with E-state index >= 15 is 0 Å². The molecule has 0 unspecified atom stereocenters. The Bertz CT molecular complexity index is 905. The van der Waals surface area contributed by atoms with Gasteiger partial charge in [0.15, 0.2) is 11.6 Å². The van der Waals surface area contributed by atoms with E-state index in [9.17, 15) is 13.9 Å². The van der Waals surface area contributed by atoms with Crippen LogP contribution in [-0.2, 0) is 12.6 Å². The third-order valence-corrected chi connectivity index (χ3v) is 3.99. The van der Waals surface area contributed by atoms with Crippen molar-refractivity contribution in [3.05, 3.63) is 41.9 Å². The summed E-state index contributed by atoms with van der Waals surface area (Å²) >= 11 is 0. The maximum absolute atomic E-state index is 13.3. The van der Waals surface area contributed by atoms with Gasteiger partial charge in [0.1, 0.15) is 11.4 Å². The number of fused-ring (bicyclic) bond motifs is 1. The molecule has 2 aromatic heterocycles. The molecular formula is C14H12F2N6O. The number of aliphatic hydroxyl groups is 1. The fourth-order valence-electron chi connectivity index (χ4n) is 2.77. The zero-order chi connectivity index (χ0) is 16.2. The van der Waals surface area contributed by atoms with E-state index in [0.717, 1.165) is 12.1 Å². The number of rotatable bonds is 2. The molecule has 3 aromatic rings. The van der Waals surface area contributed by atoms with E-state index < -0.39 is 17.2 Å². The molecule has 1 saturated heterocycles. The molecule has 0 radical (unpaired) electrons. The molecule has 1 N–H and O–H groups in total. The van der Waals surface area contributed by atoms with Crippen LogP contribution in [0, 0.1) is 11.6 Å². The minimum atomic E-state index is -1.07. The Morgan fingerprint density at radius 2 is 1.83 bits per heavy atom. The topological polar surface area (TPSA) is 80.0 Å². The van der Waals surface area contributed by atoms with Gasteiger partial charge in [0.05, 0.1) is 42.2 Å². The molecule has 3 heterocycles. The first kappa shape index (κ1) is 13.9. The Balaban J connectivity index is 1.62. The van der Waals surface area contributed by atoms with Gasteiger partial charge < -0.3 is 10.0 Å². The van der Waals surface area contributed by atoms with Crippen LogP contribution in [0.1, 0.15) is 5.69 Å². The summed E-state index contributed by atoms with van der Waals surface area (Å²) in [7, 11) is 1.70. The highest BCUT2D eigenvalue weighted by Gasteiger charge is 2.45. The van der Waals surface area contributed by atoms with Crippen molar-refractivity contribution in [2.75, 3.05) is 18.0 Å². The normalized spacial score (nSPS) is 16.6. The number of aryl methyl sites for hydroxylation is 1. The van der Waals surface area contributed by atoms with Crippen molar-refractivity contribution in [1.82, 2.24) is 25.0 Å². The maximum Gasteiger partial charge on any atom is 0.161 e. The molecule has 0 spiro atoms. The molecule has 23 heavy (non-hydrogen) atoms. The summed E-state index contributed by atoms with van der Waals surface area (Å²) in [5.41, 5.74) is 0.0806. The Kier molecular flexibility index (Phi) is 2.82. The van der Waals surface area contributed by atoms with Crippen LogP contribution in [0.5, 0.6) is 0 Å². The van der Waals surface area contributed by atoms with Crippen molar-refractivity contribution in [3.8, 4) is 0 Å². The third kappa shape index (κ3) is 2.12. The minimum Gasteiger partial charge on any atom is -0.380 e. The van der Waals surface area contributed by atoms with Gasteiger partial charge in [-0.1, -0.05) is 5.21 Å². The van der Waals surface area contributed by atoms with Crippen LogP contribution in [0.4, 0.5) is 14.6 Å². The van der Waals surface area contributed by atoms with E-state index in [1.165, 1.54) is 17.1 Å². The van der Waals surface area contributed by atoms with Gasteiger partial charge in [-0.25, -0.2) is 18.4 Å². The first-order chi connectivity index (χ1) is 11.0. The Morgan fingerprint density at radius 1 is 1.13 bits per heavy atom. The summed E-state index contributed by atoms with van der Waals surface area (Å²) in [6.07, 6.45) is 2.99. The number of hydrogen-bond acceptors (Lipinski definition) is 6. The summed E-state index contributed by atoms with van der Waals surface area (Å²) in [5.74, 6) is -1.44. The van der Waals surface area contributed by atoms with Gasteiger partial charge in [-0.3, -0.25) is 4.98 Å². The molecule has 1 aliphatic rings. The van der Waals surface area contributed by atoms with Crippen molar-refractivity contribution in [2.45, 2.75) is 5.60 Å². The van der Waals surface area contributed by atoms with E-state index in [4.69, 9.17) is 0 Å². The van der Waals surface area contributed by atoms with E-state index in [0.29, 0.717) is 11.5 Å². The van der Waals surface area contributed by atoms with Gasteiger partial charge in [-0.2, -0.15) is 0 Å². The largest absolute Gasteiger partial charge is 0.380 e. The molecular weight excluding hydrogens is 306 g/mol. The SMILES string of the molecule is Cn1nncc1C1(O)CN(c2cnc3cc(F)c(F)cc3n2)C1. The van der Waals surface area contributed by atoms with Crippen LogP contribution in [0.2, 0.25) is 0 Å². The predicted octanol–water partition coefficient (Wildman–Crippen LogP) is 0.744. The van der Waals surface area contributed by atoms with Crippen LogP contribution < -0.4 is 4.90 Å². The van der Waals surface area contributed by atoms with Crippen LogP contribution in [0.15, 0.2) is 24.5 Å². The van der Waals surface area contributed by atoms with Crippen molar-refractivity contribution < 1.29 is 13.9 Å². The van der Waals surface area contributed by atoms with Crippen LogP contribution in [0.3, 0.4) is 0 Å². The fourth-order valence-corrected chi connectivity index (χ4v) is 2.77. The number of nitrogens with zero attached hydrogens (tertiary/aromatic N) is 6. The number of hydrogen-bond donors (Lipinski definition) is 1. The molecule has 0 atom stereocenters. The first-order valence-corrected chi connectivity index (χ1v) is 6.90. The predicted molar refractivity (Wildman–Crippen MR) is 76.6 cm³/mol. The molecule has 1 aliphatic heterocycles. The first-order valence-electron chi connectivity index (χ1n) is 6.90.